The highest BCUT2D eigenvalue weighted by Crippen LogP contribution is 2.19. The van der Waals surface area contributed by atoms with Crippen LogP contribution in [-0.2, 0) is 4.74 Å². The molecule has 1 aliphatic rings. The van der Waals surface area contributed by atoms with Crippen molar-refractivity contribution in [3.05, 3.63) is 47.5 Å². The summed E-state index contributed by atoms with van der Waals surface area (Å²) in [7, 11) is 0. The van der Waals surface area contributed by atoms with Crippen molar-refractivity contribution in [2.24, 2.45) is 0 Å². The molecule has 0 unspecified atom stereocenters. The molecule has 0 saturated carbocycles. The van der Waals surface area contributed by atoms with Crippen molar-refractivity contribution in [1.29, 1.82) is 0 Å². The summed E-state index contributed by atoms with van der Waals surface area (Å²) in [6.07, 6.45) is 6.37. The van der Waals surface area contributed by atoms with Crippen LogP contribution in [0.2, 0.25) is 0 Å². The van der Waals surface area contributed by atoms with Gasteiger partial charge in [-0.15, -0.1) is 0 Å². The first-order valence-electron chi connectivity index (χ1n) is 8.19. The normalized spacial score (nSPS) is 14.3. The number of hydrogen-bond acceptors (Lipinski definition) is 2. The van der Waals surface area contributed by atoms with Crippen LogP contribution in [0.15, 0.2) is 42.0 Å². The third-order valence-corrected chi connectivity index (χ3v) is 3.47. The number of allylic oxidation sites excluding steroid dienone is 1. The average Bonchev–Trinajstić information content (AvgIpc) is 2.51. The molecule has 0 bridgehead atoms. The zero-order valence-electron chi connectivity index (χ0n) is 14.3. The maximum absolute atomic E-state index is 12.4. The molecule has 1 aromatic rings. The third kappa shape index (κ3) is 6.20. The summed E-state index contributed by atoms with van der Waals surface area (Å²) >= 11 is 0. The first-order valence-corrected chi connectivity index (χ1v) is 8.19. The zero-order chi connectivity index (χ0) is 16.7. The van der Waals surface area contributed by atoms with E-state index in [0.29, 0.717) is 6.54 Å². The first-order chi connectivity index (χ1) is 10.9. The van der Waals surface area contributed by atoms with Crippen LogP contribution < -0.4 is 0 Å². The number of amides is 1. The number of carbonyl (C=O) groups is 1. The minimum absolute atomic E-state index is 0.382. The smallest absolute Gasteiger partial charge is 0.422 e. The summed E-state index contributed by atoms with van der Waals surface area (Å²) in [5.74, 6) is 3.05. The van der Waals surface area contributed by atoms with Crippen LogP contribution >= 0.6 is 0 Å². The molecule has 0 spiro atoms. The van der Waals surface area contributed by atoms with Gasteiger partial charge in [0.05, 0.1) is 6.54 Å². The second kappa shape index (κ2) is 7.87. The van der Waals surface area contributed by atoms with Gasteiger partial charge in [-0.3, -0.25) is 0 Å². The minimum Gasteiger partial charge on any atom is -0.443 e. The van der Waals surface area contributed by atoms with Gasteiger partial charge in [-0.05, 0) is 64.5 Å². The van der Waals surface area contributed by atoms with Gasteiger partial charge in [0.25, 0.3) is 0 Å². The van der Waals surface area contributed by atoms with E-state index in [2.05, 4.69) is 18.0 Å². The summed E-state index contributed by atoms with van der Waals surface area (Å²) in [4.78, 5) is 13.9. The van der Waals surface area contributed by atoms with E-state index in [1.54, 1.807) is 0 Å². The summed E-state index contributed by atoms with van der Waals surface area (Å²) < 4.78 is 5.49. The molecule has 0 atom stereocenters. The predicted octanol–water partition coefficient (Wildman–Crippen LogP) is 4.73. The molecule has 1 aromatic carbocycles. The summed E-state index contributed by atoms with van der Waals surface area (Å²) in [6.45, 7) is 6.13. The highest BCUT2D eigenvalue weighted by atomic mass is 16.6. The molecule has 0 radical (unpaired) electrons. The molecule has 3 heteroatoms. The Morgan fingerprint density at radius 2 is 1.96 bits per heavy atom. The summed E-state index contributed by atoms with van der Waals surface area (Å²) in [6, 6.07) is 12.7. The largest absolute Gasteiger partial charge is 0.443 e. The highest BCUT2D eigenvalue weighted by Gasteiger charge is 2.22. The van der Waals surface area contributed by atoms with E-state index in [4.69, 9.17) is 4.74 Å². The average molecular weight is 311 g/mol. The number of nitrogens with zero attached hydrogens (tertiary/aromatic N) is 1. The van der Waals surface area contributed by atoms with Gasteiger partial charge in [-0.25, -0.2) is 9.69 Å². The third-order valence-electron chi connectivity index (χ3n) is 3.47. The quantitative estimate of drug-likeness (QED) is 0.449. The van der Waals surface area contributed by atoms with E-state index in [-0.39, 0.29) is 6.09 Å². The van der Waals surface area contributed by atoms with Crippen molar-refractivity contribution in [2.75, 3.05) is 6.54 Å². The molecule has 0 heterocycles. The van der Waals surface area contributed by atoms with Gasteiger partial charge < -0.3 is 4.74 Å². The molecule has 2 rings (SSSR count). The molecule has 23 heavy (non-hydrogen) atoms. The monoisotopic (exact) mass is 311 g/mol. The molecule has 1 aliphatic carbocycles. The maximum Gasteiger partial charge on any atom is 0.422 e. The van der Waals surface area contributed by atoms with Crippen molar-refractivity contribution in [2.45, 2.75) is 52.1 Å². The fourth-order valence-corrected chi connectivity index (χ4v) is 2.37. The Kier molecular flexibility index (Phi) is 5.87. The van der Waals surface area contributed by atoms with Gasteiger partial charge in [0.15, 0.2) is 0 Å². The van der Waals surface area contributed by atoms with Crippen molar-refractivity contribution in [3.63, 3.8) is 0 Å². The Morgan fingerprint density at radius 3 is 2.57 bits per heavy atom. The summed E-state index contributed by atoms with van der Waals surface area (Å²) in [5.41, 5.74) is 1.63. The van der Waals surface area contributed by atoms with Crippen LogP contribution in [0, 0.1) is 12.0 Å². The predicted molar refractivity (Wildman–Crippen MR) is 92.8 cm³/mol. The summed E-state index contributed by atoms with van der Waals surface area (Å²) in [5, 5.41) is 0. The van der Waals surface area contributed by atoms with Crippen LogP contribution in [0.3, 0.4) is 0 Å². The lowest BCUT2D eigenvalue weighted by atomic mass is 9.99. The fourth-order valence-electron chi connectivity index (χ4n) is 2.37. The second-order valence-electron chi connectivity index (χ2n) is 6.78. The molecule has 0 saturated heterocycles. The maximum atomic E-state index is 12.4. The van der Waals surface area contributed by atoms with E-state index in [9.17, 15) is 4.79 Å². The van der Waals surface area contributed by atoms with Crippen molar-refractivity contribution < 1.29 is 9.53 Å². The molecular weight excluding hydrogens is 286 g/mol. The second-order valence-corrected chi connectivity index (χ2v) is 6.78. The van der Waals surface area contributed by atoms with Crippen molar-refractivity contribution >= 4 is 6.09 Å². The minimum atomic E-state index is -0.523. The van der Waals surface area contributed by atoms with Crippen LogP contribution in [0.5, 0.6) is 0 Å². The van der Waals surface area contributed by atoms with Crippen LogP contribution in [0.4, 0.5) is 4.79 Å². The lowest BCUT2D eigenvalue weighted by molar-refractivity contribution is 0.0363. The Labute approximate surface area is 139 Å². The van der Waals surface area contributed by atoms with E-state index in [0.717, 1.165) is 18.4 Å². The SMILES string of the molecule is CC(C)(C)OC(=O)N(C#Cc1ccccc1)CC1=CCCCC1. The number of hydrogen-bond donors (Lipinski definition) is 0. The van der Waals surface area contributed by atoms with E-state index in [1.807, 2.05) is 51.1 Å². The lowest BCUT2D eigenvalue weighted by Crippen LogP contribution is -2.35. The topological polar surface area (TPSA) is 29.5 Å². The standard InChI is InChI=1S/C20H25NO2/c1-20(2,3)23-19(22)21(16-18-12-8-5-9-13-18)15-14-17-10-6-4-7-11-17/h4,6-7,10-12H,5,8-9,13,16H2,1-3H3. The van der Waals surface area contributed by atoms with E-state index >= 15 is 0 Å². The zero-order valence-corrected chi connectivity index (χ0v) is 14.3. The molecule has 122 valence electrons. The molecular formula is C20H25NO2. The van der Waals surface area contributed by atoms with Crippen LogP contribution in [0.1, 0.15) is 52.0 Å². The first kappa shape index (κ1) is 17.1. The van der Waals surface area contributed by atoms with E-state index < -0.39 is 5.60 Å². The molecule has 0 aliphatic heterocycles. The Balaban J connectivity index is 2.15. The fraction of sp³-hybridized carbons (Fsp3) is 0.450. The molecule has 1 amide bonds. The highest BCUT2D eigenvalue weighted by molar-refractivity contribution is 5.71. The van der Waals surface area contributed by atoms with Crippen molar-refractivity contribution in [1.82, 2.24) is 4.90 Å². The van der Waals surface area contributed by atoms with Crippen LogP contribution in [0.25, 0.3) is 0 Å². The Hall–Kier alpha value is -2.21. The number of ether oxygens (including phenoxy) is 1. The number of carbonyl (C=O) groups excluding carboxylic acids is 1. The van der Waals surface area contributed by atoms with Gasteiger partial charge in [-0.2, -0.15) is 0 Å². The van der Waals surface area contributed by atoms with Gasteiger partial charge in [0, 0.05) is 11.6 Å². The number of benzene rings is 1. The molecule has 3 nitrogen and oxygen atoms in total. The molecule has 0 fully saturated rings. The molecule has 0 aromatic heterocycles. The number of rotatable bonds is 2. The van der Waals surface area contributed by atoms with Crippen molar-refractivity contribution in [3.8, 4) is 12.0 Å². The Bertz CT molecular complexity index is 615. The van der Waals surface area contributed by atoms with Crippen LogP contribution in [-0.4, -0.2) is 23.1 Å². The van der Waals surface area contributed by atoms with Gasteiger partial charge in [0.1, 0.15) is 5.60 Å². The van der Waals surface area contributed by atoms with E-state index in [1.165, 1.54) is 23.3 Å². The Morgan fingerprint density at radius 1 is 1.22 bits per heavy atom. The lowest BCUT2D eigenvalue weighted by Gasteiger charge is -2.25. The molecule has 0 N–H and O–H groups in total. The van der Waals surface area contributed by atoms with Gasteiger partial charge in [-0.1, -0.05) is 29.8 Å². The van der Waals surface area contributed by atoms with Gasteiger partial charge in [0.2, 0.25) is 0 Å². The van der Waals surface area contributed by atoms with Gasteiger partial charge >= 0.3 is 6.09 Å².